The number of carboxylic acid groups (broad SMARTS) is 1. The lowest BCUT2D eigenvalue weighted by atomic mass is 10.0. The summed E-state index contributed by atoms with van der Waals surface area (Å²) < 4.78 is 40.6. The zero-order chi connectivity index (χ0) is 21.3. The molecule has 1 aromatic carbocycles. The van der Waals surface area contributed by atoms with Gasteiger partial charge >= 0.3 is 12.1 Å². The minimum Gasteiger partial charge on any atom is -0.478 e. The Morgan fingerprint density at radius 2 is 2.00 bits per heavy atom. The standard InChI is InChI=1S/C18H17F3N6O2/c1-9(6-14(28)29)10-4-5-13(11-7-24-27(3)15(10)11)25-17-23-8-12(18(19,20)21)16(22-2)26-17/h4-8H,1-3H3,(H,28,29)(H2,22,23,25,26). The van der Waals surface area contributed by atoms with Crippen molar-refractivity contribution >= 4 is 39.9 Å². The summed E-state index contributed by atoms with van der Waals surface area (Å²) in [5, 5.41) is 19.2. The third-order valence-corrected chi connectivity index (χ3v) is 4.24. The van der Waals surface area contributed by atoms with E-state index in [2.05, 4.69) is 25.7 Å². The van der Waals surface area contributed by atoms with Gasteiger partial charge in [-0.2, -0.15) is 23.3 Å². The van der Waals surface area contributed by atoms with Gasteiger partial charge < -0.3 is 15.7 Å². The number of halogens is 3. The average Bonchev–Trinajstić information content (AvgIpc) is 3.02. The number of carboxylic acids is 1. The molecule has 3 aromatic rings. The molecule has 0 saturated carbocycles. The number of carbonyl (C=O) groups is 1. The second-order valence-electron chi connectivity index (χ2n) is 6.19. The molecule has 0 spiro atoms. The molecule has 0 aliphatic carbocycles. The molecular formula is C18H17F3N6O2. The molecule has 0 aliphatic heterocycles. The topological polar surface area (TPSA) is 105 Å². The van der Waals surface area contributed by atoms with Crippen LogP contribution in [0, 0.1) is 0 Å². The first kappa shape index (κ1) is 20.1. The van der Waals surface area contributed by atoms with Crippen molar-refractivity contribution in [3.63, 3.8) is 0 Å². The van der Waals surface area contributed by atoms with Gasteiger partial charge in [0.1, 0.15) is 11.4 Å². The molecule has 0 amide bonds. The molecule has 2 aromatic heterocycles. The van der Waals surface area contributed by atoms with Gasteiger partial charge in [0.15, 0.2) is 0 Å². The van der Waals surface area contributed by atoms with Gasteiger partial charge in [-0.1, -0.05) is 6.07 Å². The summed E-state index contributed by atoms with van der Waals surface area (Å²) in [5.41, 5.74) is 1.40. The first-order chi connectivity index (χ1) is 13.6. The monoisotopic (exact) mass is 406 g/mol. The van der Waals surface area contributed by atoms with Crippen LogP contribution in [0.1, 0.15) is 18.1 Å². The van der Waals surface area contributed by atoms with E-state index in [1.165, 1.54) is 7.05 Å². The minimum absolute atomic E-state index is 0.0296. The Balaban J connectivity index is 2.06. The van der Waals surface area contributed by atoms with Crippen molar-refractivity contribution < 1.29 is 23.1 Å². The van der Waals surface area contributed by atoms with E-state index in [-0.39, 0.29) is 11.8 Å². The van der Waals surface area contributed by atoms with Crippen LogP contribution in [-0.4, -0.2) is 37.9 Å². The summed E-state index contributed by atoms with van der Waals surface area (Å²) in [4.78, 5) is 18.7. The number of anilines is 3. The number of aryl methyl sites for hydroxylation is 1. The van der Waals surface area contributed by atoms with Crippen LogP contribution in [0.5, 0.6) is 0 Å². The lowest BCUT2D eigenvalue weighted by Gasteiger charge is -2.14. The largest absolute Gasteiger partial charge is 0.478 e. The summed E-state index contributed by atoms with van der Waals surface area (Å²) in [6, 6.07) is 3.36. The first-order valence-corrected chi connectivity index (χ1v) is 8.37. The van der Waals surface area contributed by atoms with E-state index < -0.39 is 17.7 Å². The van der Waals surface area contributed by atoms with Crippen molar-refractivity contribution in [1.29, 1.82) is 0 Å². The summed E-state index contributed by atoms with van der Waals surface area (Å²) in [6.45, 7) is 1.67. The number of aliphatic carboxylic acids is 1. The van der Waals surface area contributed by atoms with Gasteiger partial charge in [-0.05, 0) is 18.6 Å². The molecule has 0 atom stereocenters. The van der Waals surface area contributed by atoms with Crippen molar-refractivity contribution in [2.24, 2.45) is 7.05 Å². The van der Waals surface area contributed by atoms with Crippen molar-refractivity contribution in [3.05, 3.63) is 41.7 Å². The number of aromatic nitrogens is 4. The molecule has 0 fully saturated rings. The second kappa shape index (κ2) is 7.41. The Hall–Kier alpha value is -3.63. The maximum atomic E-state index is 13.0. The third-order valence-electron chi connectivity index (χ3n) is 4.24. The van der Waals surface area contributed by atoms with E-state index in [1.807, 2.05) is 0 Å². The van der Waals surface area contributed by atoms with Crippen molar-refractivity contribution in [2.75, 3.05) is 17.7 Å². The van der Waals surface area contributed by atoms with Gasteiger partial charge in [0.05, 0.1) is 17.4 Å². The van der Waals surface area contributed by atoms with Gasteiger partial charge in [-0.25, -0.2) is 9.78 Å². The van der Waals surface area contributed by atoms with Gasteiger partial charge in [0.2, 0.25) is 5.95 Å². The van der Waals surface area contributed by atoms with Gasteiger partial charge in [0.25, 0.3) is 0 Å². The summed E-state index contributed by atoms with van der Waals surface area (Å²) in [7, 11) is 3.05. The second-order valence-corrected chi connectivity index (χ2v) is 6.19. The summed E-state index contributed by atoms with van der Waals surface area (Å²) >= 11 is 0. The smallest absolute Gasteiger partial charge is 0.421 e. The van der Waals surface area contributed by atoms with Gasteiger partial charge in [0, 0.05) is 37.3 Å². The van der Waals surface area contributed by atoms with Crippen LogP contribution in [-0.2, 0) is 18.0 Å². The van der Waals surface area contributed by atoms with E-state index in [9.17, 15) is 18.0 Å². The Bertz CT molecular complexity index is 1120. The highest BCUT2D eigenvalue weighted by molar-refractivity contribution is 6.02. The predicted molar refractivity (Wildman–Crippen MR) is 102 cm³/mol. The van der Waals surface area contributed by atoms with E-state index in [1.54, 1.807) is 37.0 Å². The number of benzene rings is 1. The van der Waals surface area contributed by atoms with E-state index in [4.69, 9.17) is 5.11 Å². The molecule has 0 radical (unpaired) electrons. The summed E-state index contributed by atoms with van der Waals surface area (Å²) in [5.74, 6) is -1.45. The van der Waals surface area contributed by atoms with Crippen molar-refractivity contribution in [3.8, 4) is 0 Å². The molecule has 3 N–H and O–H groups in total. The Morgan fingerprint density at radius 3 is 2.62 bits per heavy atom. The fourth-order valence-electron chi connectivity index (χ4n) is 2.94. The number of hydrogen-bond acceptors (Lipinski definition) is 6. The molecule has 29 heavy (non-hydrogen) atoms. The van der Waals surface area contributed by atoms with Crippen molar-refractivity contribution in [1.82, 2.24) is 19.7 Å². The van der Waals surface area contributed by atoms with E-state index in [0.717, 1.165) is 6.08 Å². The SMILES string of the molecule is CNc1nc(Nc2ccc(C(C)=CC(=O)O)c3c2cnn3C)ncc1C(F)(F)F. The third kappa shape index (κ3) is 3.98. The fourth-order valence-corrected chi connectivity index (χ4v) is 2.94. The summed E-state index contributed by atoms with van der Waals surface area (Å²) in [6.07, 6.45) is -1.22. The van der Waals surface area contributed by atoms with Crippen LogP contribution in [0.3, 0.4) is 0 Å². The average molecular weight is 406 g/mol. The molecule has 2 heterocycles. The van der Waals surface area contributed by atoms with Crippen LogP contribution in [0.4, 0.5) is 30.6 Å². The normalized spacial score (nSPS) is 12.3. The van der Waals surface area contributed by atoms with Crippen LogP contribution < -0.4 is 10.6 Å². The van der Waals surface area contributed by atoms with Crippen LogP contribution in [0.2, 0.25) is 0 Å². The zero-order valence-electron chi connectivity index (χ0n) is 15.7. The lowest BCUT2D eigenvalue weighted by Crippen LogP contribution is -2.12. The number of nitrogens with one attached hydrogen (secondary N) is 2. The van der Waals surface area contributed by atoms with Crippen LogP contribution in [0.25, 0.3) is 16.5 Å². The molecule has 11 heteroatoms. The zero-order valence-corrected chi connectivity index (χ0v) is 15.7. The molecule has 0 saturated heterocycles. The number of hydrogen-bond donors (Lipinski definition) is 3. The van der Waals surface area contributed by atoms with Crippen LogP contribution >= 0.6 is 0 Å². The Kier molecular flexibility index (Phi) is 5.14. The maximum Gasteiger partial charge on any atom is 0.421 e. The molecule has 0 unspecified atom stereocenters. The maximum absolute atomic E-state index is 13.0. The molecular weight excluding hydrogens is 389 g/mol. The molecule has 3 rings (SSSR count). The molecule has 8 nitrogen and oxygen atoms in total. The number of rotatable bonds is 5. The highest BCUT2D eigenvalue weighted by Gasteiger charge is 2.35. The van der Waals surface area contributed by atoms with E-state index in [0.29, 0.717) is 33.9 Å². The van der Waals surface area contributed by atoms with Crippen LogP contribution in [0.15, 0.2) is 30.6 Å². The number of nitrogens with zero attached hydrogens (tertiary/aromatic N) is 4. The highest BCUT2D eigenvalue weighted by atomic mass is 19.4. The number of allylic oxidation sites excluding steroid dienone is 1. The van der Waals surface area contributed by atoms with E-state index >= 15 is 0 Å². The number of alkyl halides is 3. The molecule has 152 valence electrons. The predicted octanol–water partition coefficient (Wildman–Crippen LogP) is 3.66. The Labute approximate surface area is 163 Å². The first-order valence-electron chi connectivity index (χ1n) is 8.37. The fraction of sp³-hybridized carbons (Fsp3) is 0.222. The van der Waals surface area contributed by atoms with Crippen molar-refractivity contribution in [2.45, 2.75) is 13.1 Å². The highest BCUT2D eigenvalue weighted by Crippen LogP contribution is 2.35. The van der Waals surface area contributed by atoms with Gasteiger partial charge in [-0.15, -0.1) is 0 Å². The molecule has 0 bridgehead atoms. The Morgan fingerprint density at radius 1 is 1.28 bits per heavy atom. The lowest BCUT2D eigenvalue weighted by molar-refractivity contribution is -0.137. The van der Waals surface area contributed by atoms with Gasteiger partial charge in [-0.3, -0.25) is 4.68 Å². The quantitative estimate of drug-likeness (QED) is 0.556. The number of fused-ring (bicyclic) bond motifs is 1. The minimum atomic E-state index is -4.58. The molecule has 0 aliphatic rings.